The highest BCUT2D eigenvalue weighted by Crippen LogP contribution is 2.29. The molecule has 2 rings (SSSR count). The molecule has 2 nitrogen and oxygen atoms in total. The zero-order valence-corrected chi connectivity index (χ0v) is 12.5. The molecule has 0 spiro atoms. The third kappa shape index (κ3) is 2.90. The Balaban J connectivity index is 2.15. The first kappa shape index (κ1) is 13.1. The highest BCUT2D eigenvalue weighted by atomic mass is 79.9. The molecule has 0 bridgehead atoms. The van der Waals surface area contributed by atoms with E-state index in [9.17, 15) is 0 Å². The van der Waals surface area contributed by atoms with Gasteiger partial charge in [-0.2, -0.15) is 0 Å². The molecular formula is C14H21BrN2. The molecule has 1 saturated heterocycles. The van der Waals surface area contributed by atoms with Gasteiger partial charge in [-0.15, -0.1) is 0 Å². The number of piperazine rings is 1. The molecule has 0 aromatic heterocycles. The van der Waals surface area contributed by atoms with E-state index in [0.29, 0.717) is 0 Å². The predicted octanol–water partition coefficient (Wildman–Crippen LogP) is 2.93. The molecular weight excluding hydrogens is 276 g/mol. The molecule has 0 saturated carbocycles. The summed E-state index contributed by atoms with van der Waals surface area (Å²) in [7, 11) is 2.20. The number of hydrogen-bond acceptors (Lipinski definition) is 2. The molecule has 1 aromatic carbocycles. The molecule has 1 heterocycles. The van der Waals surface area contributed by atoms with Crippen LogP contribution in [-0.2, 0) is 5.54 Å². The van der Waals surface area contributed by atoms with Crippen molar-refractivity contribution in [2.75, 3.05) is 33.2 Å². The molecule has 94 valence electrons. The number of hydrogen-bond donors (Lipinski definition) is 0. The average Bonchev–Trinajstić information content (AvgIpc) is 2.30. The van der Waals surface area contributed by atoms with E-state index < -0.39 is 0 Å². The average molecular weight is 297 g/mol. The number of rotatable bonds is 2. The maximum Gasteiger partial charge on any atom is 0.0405 e. The third-order valence-corrected chi connectivity index (χ3v) is 4.37. The van der Waals surface area contributed by atoms with Crippen LogP contribution < -0.4 is 0 Å². The molecule has 17 heavy (non-hydrogen) atoms. The lowest BCUT2D eigenvalue weighted by Gasteiger charge is -2.43. The Bertz CT molecular complexity index is 364. The fraction of sp³-hybridized carbons (Fsp3) is 0.571. The minimum Gasteiger partial charge on any atom is -0.304 e. The first-order valence-electron chi connectivity index (χ1n) is 6.20. The van der Waals surface area contributed by atoms with E-state index in [0.717, 1.165) is 17.6 Å². The van der Waals surface area contributed by atoms with E-state index in [1.165, 1.54) is 18.7 Å². The van der Waals surface area contributed by atoms with E-state index in [4.69, 9.17) is 0 Å². The van der Waals surface area contributed by atoms with Crippen LogP contribution in [0.25, 0.3) is 0 Å². The van der Waals surface area contributed by atoms with Gasteiger partial charge in [0.05, 0.1) is 0 Å². The van der Waals surface area contributed by atoms with Crippen LogP contribution in [0, 0.1) is 0 Å². The van der Waals surface area contributed by atoms with Crippen LogP contribution in [0.1, 0.15) is 19.4 Å². The summed E-state index contributed by atoms with van der Waals surface area (Å²) in [6.45, 7) is 9.28. The van der Waals surface area contributed by atoms with Gasteiger partial charge in [0.1, 0.15) is 0 Å². The van der Waals surface area contributed by atoms with Gasteiger partial charge in [-0.1, -0.05) is 28.1 Å². The number of likely N-dealkylation sites (N-methyl/N-ethyl adjacent to an activating group) is 1. The van der Waals surface area contributed by atoms with Crippen LogP contribution in [0.2, 0.25) is 0 Å². The molecule has 3 heteroatoms. The smallest absolute Gasteiger partial charge is 0.0405 e. The first-order chi connectivity index (χ1) is 8.00. The summed E-state index contributed by atoms with van der Waals surface area (Å²) < 4.78 is 1.15. The van der Waals surface area contributed by atoms with Crippen molar-refractivity contribution in [3.63, 3.8) is 0 Å². The van der Waals surface area contributed by atoms with E-state index in [1.807, 2.05) is 0 Å². The van der Waals surface area contributed by atoms with Gasteiger partial charge in [-0.25, -0.2) is 0 Å². The van der Waals surface area contributed by atoms with E-state index in [-0.39, 0.29) is 5.54 Å². The van der Waals surface area contributed by atoms with Crippen molar-refractivity contribution in [3.05, 3.63) is 34.3 Å². The fourth-order valence-corrected chi connectivity index (χ4v) is 2.67. The highest BCUT2D eigenvalue weighted by Gasteiger charge is 2.30. The van der Waals surface area contributed by atoms with Crippen molar-refractivity contribution in [2.24, 2.45) is 0 Å². The van der Waals surface area contributed by atoms with Gasteiger partial charge in [0, 0.05) is 36.2 Å². The van der Waals surface area contributed by atoms with Crippen molar-refractivity contribution in [1.29, 1.82) is 0 Å². The molecule has 0 aliphatic carbocycles. The van der Waals surface area contributed by atoms with E-state index in [1.54, 1.807) is 0 Å². The lowest BCUT2D eigenvalue weighted by atomic mass is 9.91. The Kier molecular flexibility index (Phi) is 3.91. The van der Waals surface area contributed by atoms with Gasteiger partial charge in [0.2, 0.25) is 0 Å². The molecule has 1 aliphatic heterocycles. The first-order valence-corrected chi connectivity index (χ1v) is 6.99. The van der Waals surface area contributed by atoms with Crippen LogP contribution in [0.15, 0.2) is 28.7 Å². The molecule has 0 radical (unpaired) electrons. The maximum atomic E-state index is 3.50. The minimum atomic E-state index is 0.127. The van der Waals surface area contributed by atoms with Crippen molar-refractivity contribution in [3.8, 4) is 0 Å². The molecule has 0 N–H and O–H groups in total. The molecule has 1 aromatic rings. The molecule has 0 atom stereocenters. The van der Waals surface area contributed by atoms with Crippen molar-refractivity contribution < 1.29 is 0 Å². The third-order valence-electron chi connectivity index (χ3n) is 3.84. The standard InChI is InChI=1S/C14H21BrN2/c1-14(2,12-4-6-13(15)7-5-12)17-10-8-16(3)9-11-17/h4-7H,8-11H2,1-3H3. The Morgan fingerprint density at radius 2 is 1.53 bits per heavy atom. The van der Waals surface area contributed by atoms with E-state index >= 15 is 0 Å². The number of nitrogens with zero attached hydrogens (tertiary/aromatic N) is 2. The zero-order valence-electron chi connectivity index (χ0n) is 10.9. The summed E-state index contributed by atoms with van der Waals surface area (Å²) in [5.41, 5.74) is 1.52. The summed E-state index contributed by atoms with van der Waals surface area (Å²) in [5, 5.41) is 0. The highest BCUT2D eigenvalue weighted by molar-refractivity contribution is 9.10. The van der Waals surface area contributed by atoms with Crippen LogP contribution in [0.5, 0.6) is 0 Å². The van der Waals surface area contributed by atoms with Gasteiger partial charge in [-0.3, -0.25) is 4.90 Å². The van der Waals surface area contributed by atoms with Crippen molar-refractivity contribution >= 4 is 15.9 Å². The summed E-state index contributed by atoms with van der Waals surface area (Å²) >= 11 is 3.50. The van der Waals surface area contributed by atoms with Gasteiger partial charge < -0.3 is 4.90 Å². The van der Waals surface area contributed by atoms with Gasteiger partial charge in [-0.05, 0) is 38.6 Å². The fourth-order valence-electron chi connectivity index (χ4n) is 2.41. The molecule has 1 aliphatic rings. The Morgan fingerprint density at radius 1 is 1.00 bits per heavy atom. The van der Waals surface area contributed by atoms with Crippen molar-refractivity contribution in [2.45, 2.75) is 19.4 Å². The predicted molar refractivity (Wildman–Crippen MR) is 76.2 cm³/mol. The van der Waals surface area contributed by atoms with Crippen molar-refractivity contribution in [1.82, 2.24) is 9.80 Å². The number of halogens is 1. The molecule has 0 unspecified atom stereocenters. The Morgan fingerprint density at radius 3 is 2.06 bits per heavy atom. The van der Waals surface area contributed by atoms with Crippen LogP contribution in [-0.4, -0.2) is 43.0 Å². The summed E-state index contributed by atoms with van der Waals surface area (Å²) in [5.74, 6) is 0. The second kappa shape index (κ2) is 5.09. The second-order valence-electron chi connectivity index (χ2n) is 5.36. The van der Waals surface area contributed by atoms with Crippen LogP contribution in [0.3, 0.4) is 0 Å². The second-order valence-corrected chi connectivity index (χ2v) is 6.27. The lowest BCUT2D eigenvalue weighted by molar-refractivity contribution is 0.0606. The quantitative estimate of drug-likeness (QED) is 0.828. The molecule has 0 amide bonds. The molecule has 1 fully saturated rings. The summed E-state index contributed by atoms with van der Waals surface area (Å²) in [6.07, 6.45) is 0. The normalized spacial score (nSPS) is 19.5. The van der Waals surface area contributed by atoms with E-state index in [2.05, 4.69) is 70.9 Å². The summed E-state index contributed by atoms with van der Waals surface area (Å²) in [6, 6.07) is 8.71. The topological polar surface area (TPSA) is 6.48 Å². The SMILES string of the molecule is CN1CCN(C(C)(C)c2ccc(Br)cc2)CC1. The van der Waals surface area contributed by atoms with Gasteiger partial charge in [0.25, 0.3) is 0 Å². The van der Waals surface area contributed by atoms with Gasteiger partial charge >= 0.3 is 0 Å². The largest absolute Gasteiger partial charge is 0.304 e. The van der Waals surface area contributed by atoms with Crippen LogP contribution in [0.4, 0.5) is 0 Å². The lowest BCUT2D eigenvalue weighted by Crippen LogP contribution is -2.52. The van der Waals surface area contributed by atoms with Crippen LogP contribution >= 0.6 is 15.9 Å². The zero-order chi connectivity index (χ0) is 12.5. The monoisotopic (exact) mass is 296 g/mol. The Labute approximate surface area is 113 Å². The Hall–Kier alpha value is -0.380. The minimum absolute atomic E-state index is 0.127. The summed E-state index contributed by atoms with van der Waals surface area (Å²) in [4.78, 5) is 4.98. The van der Waals surface area contributed by atoms with Gasteiger partial charge in [0.15, 0.2) is 0 Å². The number of benzene rings is 1. The maximum absolute atomic E-state index is 3.50.